The Bertz CT molecular complexity index is 1210. The molecule has 160 valence electrons. The number of rotatable bonds is 6. The minimum Gasteiger partial charge on any atom is -0.504 e. The summed E-state index contributed by atoms with van der Waals surface area (Å²) in [4.78, 5) is 31.8. The van der Waals surface area contributed by atoms with Gasteiger partial charge in [0.1, 0.15) is 5.70 Å². The smallest absolute Gasteiger partial charge is 0.283 e. The number of Topliss-reactive ketones (excluding diaryl/α,β-unsaturated/α-hetero) is 1. The van der Waals surface area contributed by atoms with Gasteiger partial charge in [-0.2, -0.15) is 0 Å². The number of phenols is 1. The van der Waals surface area contributed by atoms with Crippen molar-refractivity contribution in [3.8, 4) is 11.5 Å². The molecule has 1 aliphatic rings. The van der Waals surface area contributed by atoms with Crippen molar-refractivity contribution in [2.75, 3.05) is 17.8 Å². The van der Waals surface area contributed by atoms with Gasteiger partial charge in [0, 0.05) is 5.56 Å². The molecule has 0 atom stereocenters. The molecule has 1 aliphatic heterocycles. The summed E-state index contributed by atoms with van der Waals surface area (Å²) in [6.07, 6.45) is 1.63. The van der Waals surface area contributed by atoms with Gasteiger partial charge in [0.25, 0.3) is 5.91 Å². The molecule has 0 spiro atoms. The highest BCUT2D eigenvalue weighted by atomic mass is 32.2. The Kier molecular flexibility index (Phi) is 6.37. The quantitative estimate of drug-likeness (QED) is 0.438. The molecule has 1 heterocycles. The van der Waals surface area contributed by atoms with E-state index in [-0.39, 0.29) is 28.9 Å². The summed E-state index contributed by atoms with van der Waals surface area (Å²) in [5.41, 5.74) is 2.17. The fourth-order valence-corrected chi connectivity index (χ4v) is 4.08. The molecule has 0 aliphatic carbocycles. The van der Waals surface area contributed by atoms with Crippen LogP contribution in [0.1, 0.15) is 15.9 Å². The lowest BCUT2D eigenvalue weighted by Crippen LogP contribution is -2.30. The van der Waals surface area contributed by atoms with Crippen LogP contribution in [0.2, 0.25) is 0 Å². The van der Waals surface area contributed by atoms with Gasteiger partial charge in [-0.05, 0) is 35.9 Å². The molecule has 3 aromatic rings. The monoisotopic (exact) mass is 444 g/mol. The molecular formula is C25H20N2O4S. The maximum absolute atomic E-state index is 13.2. The van der Waals surface area contributed by atoms with Crippen LogP contribution in [0.15, 0.2) is 89.6 Å². The topological polar surface area (TPSA) is 79.2 Å². The maximum atomic E-state index is 13.2. The number of anilines is 1. The zero-order chi connectivity index (χ0) is 22.5. The van der Waals surface area contributed by atoms with E-state index in [2.05, 4.69) is 4.99 Å². The Hall–Kier alpha value is -3.84. The molecule has 0 saturated heterocycles. The number of aromatic hydroxyl groups is 1. The van der Waals surface area contributed by atoms with E-state index in [0.29, 0.717) is 27.7 Å². The van der Waals surface area contributed by atoms with Gasteiger partial charge in [0.2, 0.25) is 0 Å². The van der Waals surface area contributed by atoms with Crippen LogP contribution in [0.5, 0.6) is 11.5 Å². The first-order valence-corrected chi connectivity index (χ1v) is 10.8. The van der Waals surface area contributed by atoms with E-state index in [1.807, 2.05) is 48.5 Å². The predicted octanol–water partition coefficient (Wildman–Crippen LogP) is 4.76. The number of thioether (sulfide) groups is 1. The minimum absolute atomic E-state index is 0.0116. The number of amides is 1. The van der Waals surface area contributed by atoms with Crippen LogP contribution in [0.25, 0.3) is 6.08 Å². The second-order valence-electron chi connectivity index (χ2n) is 6.91. The Morgan fingerprint density at radius 2 is 1.75 bits per heavy atom. The number of ether oxygens (including phenoxy) is 1. The number of carbonyl (C=O) groups excluding carboxylic acids is 2. The van der Waals surface area contributed by atoms with Gasteiger partial charge < -0.3 is 9.84 Å². The van der Waals surface area contributed by atoms with Crippen molar-refractivity contribution >= 4 is 40.4 Å². The average molecular weight is 445 g/mol. The Morgan fingerprint density at radius 1 is 1.06 bits per heavy atom. The number of aliphatic imine (C=N–C) groups is 1. The lowest BCUT2D eigenvalue weighted by molar-refractivity contribution is -0.113. The first-order valence-electron chi connectivity index (χ1n) is 9.85. The highest BCUT2D eigenvalue weighted by molar-refractivity contribution is 8.14. The fourth-order valence-electron chi connectivity index (χ4n) is 3.18. The average Bonchev–Trinajstić information content (AvgIpc) is 3.14. The zero-order valence-corrected chi connectivity index (χ0v) is 18.1. The molecule has 0 fully saturated rings. The number of amidine groups is 1. The summed E-state index contributed by atoms with van der Waals surface area (Å²) in [5.74, 6) is 0.131. The van der Waals surface area contributed by atoms with Crippen molar-refractivity contribution in [2.45, 2.75) is 0 Å². The Labute approximate surface area is 189 Å². The fraction of sp³-hybridized carbons (Fsp3) is 0.0800. The molecule has 7 heteroatoms. The summed E-state index contributed by atoms with van der Waals surface area (Å²) in [6, 6.07) is 23.0. The molecule has 0 saturated carbocycles. The third-order valence-corrected chi connectivity index (χ3v) is 5.72. The number of phenolic OH excluding ortho intramolecular Hbond substituents is 1. The van der Waals surface area contributed by atoms with Crippen LogP contribution in [0, 0.1) is 0 Å². The summed E-state index contributed by atoms with van der Waals surface area (Å²) < 4.78 is 5.14. The standard InChI is InChI=1S/C25H20N2O4S/c1-31-23-15-17(12-13-21(23)28)14-20-24(30)27(19-10-6-3-7-11-19)25(26-20)32-16-22(29)18-8-4-2-5-9-18/h2-15,28H,16H2,1H3/b20-14-. The number of ketones is 1. The third-order valence-electron chi connectivity index (χ3n) is 4.78. The van der Waals surface area contributed by atoms with Crippen molar-refractivity contribution in [1.82, 2.24) is 0 Å². The van der Waals surface area contributed by atoms with E-state index < -0.39 is 0 Å². The Balaban J connectivity index is 1.64. The van der Waals surface area contributed by atoms with Crippen molar-refractivity contribution in [3.05, 3.63) is 95.7 Å². The van der Waals surface area contributed by atoms with Crippen molar-refractivity contribution < 1.29 is 19.4 Å². The number of para-hydroxylation sites is 1. The Morgan fingerprint density at radius 3 is 2.44 bits per heavy atom. The number of hydrogen-bond donors (Lipinski definition) is 1. The van der Waals surface area contributed by atoms with Gasteiger partial charge in [-0.15, -0.1) is 0 Å². The molecule has 0 unspecified atom stereocenters. The van der Waals surface area contributed by atoms with E-state index in [1.54, 1.807) is 30.3 Å². The number of methoxy groups -OCH3 is 1. The molecule has 0 radical (unpaired) electrons. The van der Waals surface area contributed by atoms with Crippen LogP contribution in [0.3, 0.4) is 0 Å². The summed E-state index contributed by atoms with van der Waals surface area (Å²) >= 11 is 1.22. The molecule has 6 nitrogen and oxygen atoms in total. The van der Waals surface area contributed by atoms with E-state index in [1.165, 1.54) is 29.8 Å². The van der Waals surface area contributed by atoms with Gasteiger partial charge in [-0.1, -0.05) is 66.4 Å². The minimum atomic E-state index is -0.294. The highest BCUT2D eigenvalue weighted by Crippen LogP contribution is 2.31. The normalized spacial score (nSPS) is 14.5. The summed E-state index contributed by atoms with van der Waals surface area (Å²) in [7, 11) is 1.46. The van der Waals surface area contributed by atoms with Crippen LogP contribution < -0.4 is 9.64 Å². The second-order valence-corrected chi connectivity index (χ2v) is 7.85. The first kappa shape index (κ1) is 21.4. The van der Waals surface area contributed by atoms with Gasteiger partial charge in [0.15, 0.2) is 22.4 Å². The molecule has 0 bridgehead atoms. The van der Waals surface area contributed by atoms with Crippen molar-refractivity contribution in [2.24, 2.45) is 4.99 Å². The van der Waals surface area contributed by atoms with Crippen molar-refractivity contribution in [1.29, 1.82) is 0 Å². The van der Waals surface area contributed by atoms with Gasteiger partial charge in [-0.25, -0.2) is 4.99 Å². The molecule has 1 amide bonds. The van der Waals surface area contributed by atoms with E-state index >= 15 is 0 Å². The summed E-state index contributed by atoms with van der Waals surface area (Å²) in [5, 5.41) is 10.2. The SMILES string of the molecule is COc1cc(/C=C2\N=C(SCC(=O)c3ccccc3)N(c3ccccc3)C2=O)ccc1O. The third kappa shape index (κ3) is 4.58. The van der Waals surface area contributed by atoms with Gasteiger partial charge in [0.05, 0.1) is 18.6 Å². The van der Waals surface area contributed by atoms with E-state index in [4.69, 9.17) is 4.74 Å². The highest BCUT2D eigenvalue weighted by Gasteiger charge is 2.32. The number of carbonyl (C=O) groups is 2. The summed E-state index contributed by atoms with van der Waals surface area (Å²) in [6.45, 7) is 0. The van der Waals surface area contributed by atoms with E-state index in [0.717, 1.165) is 0 Å². The van der Waals surface area contributed by atoms with Crippen LogP contribution in [-0.2, 0) is 4.79 Å². The van der Waals surface area contributed by atoms with Crippen LogP contribution in [-0.4, -0.2) is 34.8 Å². The predicted molar refractivity (Wildman–Crippen MR) is 127 cm³/mol. The lowest BCUT2D eigenvalue weighted by atomic mass is 10.1. The molecule has 3 aromatic carbocycles. The molecule has 0 aromatic heterocycles. The first-order chi connectivity index (χ1) is 15.6. The molecule has 4 rings (SSSR count). The van der Waals surface area contributed by atoms with Crippen LogP contribution in [0.4, 0.5) is 5.69 Å². The zero-order valence-electron chi connectivity index (χ0n) is 17.3. The second kappa shape index (κ2) is 9.53. The van der Waals surface area contributed by atoms with E-state index in [9.17, 15) is 14.7 Å². The molecule has 32 heavy (non-hydrogen) atoms. The molecular weight excluding hydrogens is 424 g/mol. The van der Waals surface area contributed by atoms with Crippen LogP contribution >= 0.6 is 11.8 Å². The van der Waals surface area contributed by atoms with Crippen molar-refractivity contribution in [3.63, 3.8) is 0 Å². The maximum Gasteiger partial charge on any atom is 0.283 e. The molecule has 1 N–H and O–H groups in total. The lowest BCUT2D eigenvalue weighted by Gasteiger charge is -2.17. The van der Waals surface area contributed by atoms with Gasteiger partial charge in [-0.3, -0.25) is 14.5 Å². The number of benzene rings is 3. The number of nitrogens with zero attached hydrogens (tertiary/aromatic N) is 2. The van der Waals surface area contributed by atoms with Gasteiger partial charge >= 0.3 is 0 Å². The largest absolute Gasteiger partial charge is 0.504 e. The number of hydrogen-bond acceptors (Lipinski definition) is 6.